The summed E-state index contributed by atoms with van der Waals surface area (Å²) in [5.74, 6) is 0.511. The molecule has 120 valence electrons. The fourth-order valence-corrected chi connectivity index (χ4v) is 2.00. The number of aromatic nitrogens is 1. The third kappa shape index (κ3) is 4.85. The van der Waals surface area contributed by atoms with Gasteiger partial charge in [-0.05, 0) is 32.9 Å². The number of benzene rings is 1. The normalized spacial score (nSPS) is 10.9. The summed E-state index contributed by atoms with van der Waals surface area (Å²) in [5.41, 5.74) is 0.765. The van der Waals surface area contributed by atoms with Crippen LogP contribution in [0.3, 0.4) is 0 Å². The van der Waals surface area contributed by atoms with E-state index in [-0.39, 0.29) is 0 Å². The Morgan fingerprint density at radius 3 is 2.74 bits per heavy atom. The molecule has 0 saturated carbocycles. The lowest BCUT2D eigenvalue weighted by Crippen LogP contribution is -2.35. The lowest BCUT2D eigenvalue weighted by atomic mass is 10.1. The number of nitrogens with zero attached hydrogens (tertiary/aromatic N) is 2. The molecule has 6 heteroatoms. The highest BCUT2D eigenvalue weighted by atomic mass is 16.6. The maximum atomic E-state index is 11.5. The second-order valence-corrected chi connectivity index (χ2v) is 6.04. The molecule has 1 amide bonds. The van der Waals surface area contributed by atoms with E-state index in [2.05, 4.69) is 21.7 Å². The van der Waals surface area contributed by atoms with E-state index in [9.17, 15) is 10.1 Å². The second kappa shape index (κ2) is 6.97. The van der Waals surface area contributed by atoms with Crippen molar-refractivity contribution in [3.63, 3.8) is 0 Å². The minimum absolute atomic E-state index is 0.369. The van der Waals surface area contributed by atoms with E-state index in [1.165, 1.54) is 0 Å². The van der Waals surface area contributed by atoms with Crippen LogP contribution in [0, 0.1) is 11.3 Å². The predicted octanol–water partition coefficient (Wildman–Crippen LogP) is 3.04. The van der Waals surface area contributed by atoms with Crippen LogP contribution in [0.25, 0.3) is 10.9 Å². The number of carbonyl (C=O) groups excluding carboxylic acids is 1. The van der Waals surface area contributed by atoms with Gasteiger partial charge in [-0.1, -0.05) is 18.2 Å². The highest BCUT2D eigenvalue weighted by Crippen LogP contribution is 2.19. The van der Waals surface area contributed by atoms with Crippen LogP contribution < -0.4 is 10.6 Å². The minimum Gasteiger partial charge on any atom is -0.444 e. The van der Waals surface area contributed by atoms with Gasteiger partial charge in [-0.25, -0.2) is 9.78 Å². The summed E-state index contributed by atoms with van der Waals surface area (Å²) < 4.78 is 5.15. The van der Waals surface area contributed by atoms with Crippen molar-refractivity contribution >= 4 is 22.8 Å². The number of hydrogen-bond donors (Lipinski definition) is 2. The molecule has 0 atom stereocenters. The van der Waals surface area contributed by atoms with Crippen LogP contribution in [0.2, 0.25) is 0 Å². The smallest absolute Gasteiger partial charge is 0.407 e. The molecule has 1 aromatic carbocycles. The Morgan fingerprint density at radius 1 is 1.30 bits per heavy atom. The van der Waals surface area contributed by atoms with Crippen LogP contribution in [-0.4, -0.2) is 29.8 Å². The van der Waals surface area contributed by atoms with Crippen molar-refractivity contribution in [1.29, 1.82) is 5.26 Å². The van der Waals surface area contributed by atoms with Crippen LogP contribution >= 0.6 is 0 Å². The van der Waals surface area contributed by atoms with E-state index < -0.39 is 11.7 Å². The predicted molar refractivity (Wildman–Crippen MR) is 89.2 cm³/mol. The van der Waals surface area contributed by atoms with E-state index in [0.29, 0.717) is 24.5 Å². The molecule has 0 aliphatic carbocycles. The topological polar surface area (TPSA) is 87.0 Å². The number of carbonyl (C=O) groups is 1. The zero-order valence-electron chi connectivity index (χ0n) is 13.5. The summed E-state index contributed by atoms with van der Waals surface area (Å²) >= 11 is 0. The van der Waals surface area contributed by atoms with Gasteiger partial charge in [0.15, 0.2) is 0 Å². The first-order valence-corrected chi connectivity index (χ1v) is 7.40. The maximum absolute atomic E-state index is 11.5. The number of nitrogens with one attached hydrogen (secondary N) is 2. The van der Waals surface area contributed by atoms with Gasteiger partial charge < -0.3 is 15.4 Å². The molecule has 1 heterocycles. The van der Waals surface area contributed by atoms with Crippen molar-refractivity contribution in [3.8, 4) is 6.07 Å². The van der Waals surface area contributed by atoms with Crippen molar-refractivity contribution in [2.24, 2.45) is 0 Å². The summed E-state index contributed by atoms with van der Waals surface area (Å²) in [5, 5.41) is 15.9. The summed E-state index contributed by atoms with van der Waals surface area (Å²) in [6.07, 6.45) is -0.466. The first-order chi connectivity index (χ1) is 10.9. The summed E-state index contributed by atoms with van der Waals surface area (Å²) in [6.45, 7) is 6.24. The molecule has 0 bridgehead atoms. The van der Waals surface area contributed by atoms with Gasteiger partial charge >= 0.3 is 6.09 Å². The Kier molecular flexibility index (Phi) is 5.02. The number of rotatable bonds is 4. The number of anilines is 1. The first kappa shape index (κ1) is 16.6. The Hall–Kier alpha value is -2.81. The molecule has 0 spiro atoms. The molecular weight excluding hydrogens is 292 g/mol. The number of pyridine rings is 1. The van der Waals surface area contributed by atoms with Gasteiger partial charge in [-0.15, -0.1) is 0 Å². The molecular formula is C17H20N4O2. The largest absolute Gasteiger partial charge is 0.444 e. The third-order valence-corrected chi connectivity index (χ3v) is 2.93. The number of hydrogen-bond acceptors (Lipinski definition) is 5. The van der Waals surface area contributed by atoms with Gasteiger partial charge in [0.2, 0.25) is 0 Å². The molecule has 0 aliphatic rings. The van der Waals surface area contributed by atoms with Gasteiger partial charge in [-0.2, -0.15) is 5.26 Å². The van der Waals surface area contributed by atoms with Crippen molar-refractivity contribution in [1.82, 2.24) is 10.3 Å². The average Bonchev–Trinajstić information content (AvgIpc) is 2.49. The lowest BCUT2D eigenvalue weighted by molar-refractivity contribution is 0.0530. The zero-order chi connectivity index (χ0) is 16.9. The van der Waals surface area contributed by atoms with Crippen molar-refractivity contribution in [2.75, 3.05) is 18.4 Å². The van der Waals surface area contributed by atoms with E-state index in [0.717, 1.165) is 10.9 Å². The van der Waals surface area contributed by atoms with E-state index in [4.69, 9.17) is 4.74 Å². The average molecular weight is 312 g/mol. The molecule has 0 saturated heterocycles. The Labute approximate surface area is 135 Å². The summed E-state index contributed by atoms with van der Waals surface area (Å²) in [4.78, 5) is 16.0. The van der Waals surface area contributed by atoms with Gasteiger partial charge in [0, 0.05) is 18.5 Å². The van der Waals surface area contributed by atoms with Crippen LogP contribution in [0.5, 0.6) is 0 Å². The molecule has 0 radical (unpaired) electrons. The number of para-hydroxylation sites is 1. The molecule has 23 heavy (non-hydrogen) atoms. The van der Waals surface area contributed by atoms with Crippen LogP contribution in [0.15, 0.2) is 30.3 Å². The van der Waals surface area contributed by atoms with Gasteiger partial charge in [0.05, 0.1) is 11.1 Å². The Bertz CT molecular complexity index is 744. The third-order valence-electron chi connectivity index (χ3n) is 2.93. The lowest BCUT2D eigenvalue weighted by Gasteiger charge is -2.19. The molecule has 1 aromatic heterocycles. The van der Waals surface area contributed by atoms with Crippen molar-refractivity contribution in [3.05, 3.63) is 35.9 Å². The van der Waals surface area contributed by atoms with Gasteiger partial charge in [0.25, 0.3) is 0 Å². The van der Waals surface area contributed by atoms with Crippen molar-refractivity contribution < 1.29 is 9.53 Å². The number of nitriles is 1. The van der Waals surface area contributed by atoms with Crippen LogP contribution in [-0.2, 0) is 4.74 Å². The fourth-order valence-electron chi connectivity index (χ4n) is 2.00. The van der Waals surface area contributed by atoms with Gasteiger partial charge in [0.1, 0.15) is 17.5 Å². The standard InChI is InChI=1S/C17H20N4O2/c1-17(2,3)23-16(22)20-9-8-19-15-13(11-18)10-12-6-4-5-7-14(12)21-15/h4-7,10H,8-9H2,1-3H3,(H,19,21)(H,20,22). The molecule has 0 aliphatic heterocycles. The van der Waals surface area contributed by atoms with Crippen LogP contribution in [0.4, 0.5) is 10.6 Å². The molecule has 2 aromatic rings. The summed E-state index contributed by atoms with van der Waals surface area (Å²) in [7, 11) is 0. The van der Waals surface area contributed by atoms with E-state index in [1.54, 1.807) is 6.07 Å². The second-order valence-electron chi connectivity index (χ2n) is 6.04. The monoisotopic (exact) mass is 312 g/mol. The first-order valence-electron chi connectivity index (χ1n) is 7.40. The molecule has 6 nitrogen and oxygen atoms in total. The number of amides is 1. The summed E-state index contributed by atoms with van der Waals surface area (Å²) in [6, 6.07) is 11.5. The minimum atomic E-state index is -0.522. The fraction of sp³-hybridized carbons (Fsp3) is 0.353. The molecule has 0 unspecified atom stereocenters. The zero-order valence-corrected chi connectivity index (χ0v) is 13.5. The Morgan fingerprint density at radius 2 is 2.04 bits per heavy atom. The molecule has 2 N–H and O–H groups in total. The highest BCUT2D eigenvalue weighted by molar-refractivity contribution is 5.82. The molecule has 0 fully saturated rings. The van der Waals surface area contributed by atoms with Crippen molar-refractivity contribution in [2.45, 2.75) is 26.4 Å². The van der Waals surface area contributed by atoms with Crippen LogP contribution in [0.1, 0.15) is 26.3 Å². The number of alkyl carbamates (subject to hydrolysis) is 1. The molecule has 2 rings (SSSR count). The highest BCUT2D eigenvalue weighted by Gasteiger charge is 2.15. The van der Waals surface area contributed by atoms with E-state index >= 15 is 0 Å². The number of ether oxygens (including phenoxy) is 1. The van der Waals surface area contributed by atoms with E-state index in [1.807, 2.05) is 45.0 Å². The maximum Gasteiger partial charge on any atom is 0.407 e. The number of fused-ring (bicyclic) bond motifs is 1. The quantitative estimate of drug-likeness (QED) is 0.847. The van der Waals surface area contributed by atoms with Gasteiger partial charge in [-0.3, -0.25) is 0 Å². The Balaban J connectivity index is 1.94. The SMILES string of the molecule is CC(C)(C)OC(=O)NCCNc1nc2ccccc2cc1C#N.